The van der Waals surface area contributed by atoms with Crippen LogP contribution in [0.1, 0.15) is 10.6 Å². The summed E-state index contributed by atoms with van der Waals surface area (Å²) >= 11 is 0. The molecule has 0 radical (unpaired) electrons. The quantitative estimate of drug-likeness (QED) is 0.436. The molecule has 0 atom stereocenters. The van der Waals surface area contributed by atoms with Gasteiger partial charge in [0.25, 0.3) is 0 Å². The molecule has 0 aliphatic carbocycles. The highest BCUT2D eigenvalue weighted by atomic mass is 19.1. The zero-order chi connectivity index (χ0) is 8.27. The highest BCUT2D eigenvalue weighted by molar-refractivity contribution is 5.84. The Morgan fingerprint density at radius 3 is 3.00 bits per heavy atom. The van der Waals surface area contributed by atoms with Crippen molar-refractivity contribution in [3.63, 3.8) is 0 Å². The summed E-state index contributed by atoms with van der Waals surface area (Å²) in [6.45, 7) is 0. The maximum atomic E-state index is 12.3. The molecule has 0 spiro atoms. The van der Waals surface area contributed by atoms with E-state index in [1.165, 1.54) is 7.11 Å². The summed E-state index contributed by atoms with van der Waals surface area (Å²) < 4.78 is 16.6. The van der Waals surface area contributed by atoms with Crippen molar-refractivity contribution in [3.05, 3.63) is 24.0 Å². The molecule has 11 heavy (non-hydrogen) atoms. The standard InChI is InChI=1S/C6H5FN2O2/c1-11-6(10)5-8-3-2-4(7)9-5/h2-3H,1H3. The van der Waals surface area contributed by atoms with Gasteiger partial charge in [-0.15, -0.1) is 0 Å². The van der Waals surface area contributed by atoms with E-state index in [4.69, 9.17) is 0 Å². The molecule has 0 bridgehead atoms. The topological polar surface area (TPSA) is 52.1 Å². The lowest BCUT2D eigenvalue weighted by Crippen LogP contribution is -2.07. The molecule has 0 saturated heterocycles. The highest BCUT2D eigenvalue weighted by Crippen LogP contribution is 1.94. The molecule has 0 aliphatic heterocycles. The number of aromatic nitrogens is 2. The molecule has 0 aromatic carbocycles. The summed E-state index contributed by atoms with van der Waals surface area (Å²) in [6.07, 6.45) is 1.15. The third-order valence-corrected chi connectivity index (χ3v) is 0.990. The van der Waals surface area contributed by atoms with Crippen LogP contribution in [0.25, 0.3) is 0 Å². The third kappa shape index (κ3) is 1.70. The van der Waals surface area contributed by atoms with Crippen LogP contribution in [0.15, 0.2) is 12.3 Å². The van der Waals surface area contributed by atoms with Crippen LogP contribution in [0.2, 0.25) is 0 Å². The van der Waals surface area contributed by atoms with Crippen molar-refractivity contribution in [3.8, 4) is 0 Å². The minimum absolute atomic E-state index is 0.271. The molecule has 0 N–H and O–H groups in total. The predicted molar refractivity (Wildman–Crippen MR) is 33.3 cm³/mol. The Morgan fingerprint density at radius 1 is 1.73 bits per heavy atom. The van der Waals surface area contributed by atoms with Crippen molar-refractivity contribution >= 4 is 5.97 Å². The van der Waals surface area contributed by atoms with Crippen LogP contribution in [0.3, 0.4) is 0 Å². The number of ether oxygens (including phenoxy) is 1. The molecule has 4 nitrogen and oxygen atoms in total. The first-order chi connectivity index (χ1) is 5.24. The van der Waals surface area contributed by atoms with Gasteiger partial charge < -0.3 is 4.74 Å². The van der Waals surface area contributed by atoms with Gasteiger partial charge in [0, 0.05) is 12.3 Å². The Morgan fingerprint density at radius 2 is 2.45 bits per heavy atom. The molecule has 1 rings (SSSR count). The van der Waals surface area contributed by atoms with Crippen molar-refractivity contribution in [2.45, 2.75) is 0 Å². The van der Waals surface area contributed by atoms with Crippen molar-refractivity contribution in [1.29, 1.82) is 0 Å². The van der Waals surface area contributed by atoms with E-state index >= 15 is 0 Å². The van der Waals surface area contributed by atoms with Gasteiger partial charge >= 0.3 is 5.97 Å². The maximum absolute atomic E-state index is 12.3. The molecule has 58 valence electrons. The number of rotatable bonds is 1. The van der Waals surface area contributed by atoms with E-state index in [0.717, 1.165) is 12.3 Å². The summed E-state index contributed by atoms with van der Waals surface area (Å²) in [6, 6.07) is 1.05. The zero-order valence-electron chi connectivity index (χ0n) is 5.74. The average molecular weight is 156 g/mol. The van der Waals surface area contributed by atoms with Crippen LogP contribution < -0.4 is 0 Å². The second kappa shape index (κ2) is 3.05. The zero-order valence-corrected chi connectivity index (χ0v) is 5.74. The van der Waals surface area contributed by atoms with Crippen molar-refractivity contribution in [1.82, 2.24) is 9.97 Å². The Labute approximate surface area is 62.0 Å². The van der Waals surface area contributed by atoms with Crippen LogP contribution in [-0.2, 0) is 4.74 Å². The van der Waals surface area contributed by atoms with Crippen LogP contribution in [0.4, 0.5) is 4.39 Å². The monoisotopic (exact) mass is 156 g/mol. The number of methoxy groups -OCH3 is 1. The molecule has 0 unspecified atom stereocenters. The molecule has 0 aliphatic rings. The Kier molecular flexibility index (Phi) is 2.10. The van der Waals surface area contributed by atoms with Gasteiger partial charge in [0.1, 0.15) is 0 Å². The van der Waals surface area contributed by atoms with Crippen LogP contribution in [-0.4, -0.2) is 23.0 Å². The van der Waals surface area contributed by atoms with E-state index in [2.05, 4.69) is 14.7 Å². The first kappa shape index (κ1) is 7.59. The second-order valence-corrected chi connectivity index (χ2v) is 1.69. The molecule has 1 heterocycles. The van der Waals surface area contributed by atoms with E-state index in [1.807, 2.05) is 0 Å². The summed E-state index contributed by atoms with van der Waals surface area (Å²) in [5.41, 5.74) is 0. The van der Waals surface area contributed by atoms with Gasteiger partial charge in [-0.05, 0) is 0 Å². The van der Waals surface area contributed by atoms with Crippen LogP contribution >= 0.6 is 0 Å². The van der Waals surface area contributed by atoms with Gasteiger partial charge in [-0.2, -0.15) is 9.37 Å². The summed E-state index contributed by atoms with van der Waals surface area (Å²) in [4.78, 5) is 17.3. The lowest BCUT2D eigenvalue weighted by Gasteiger charge is -1.94. The lowest BCUT2D eigenvalue weighted by molar-refractivity contribution is 0.0585. The van der Waals surface area contributed by atoms with E-state index < -0.39 is 11.9 Å². The van der Waals surface area contributed by atoms with E-state index in [9.17, 15) is 9.18 Å². The Bertz CT molecular complexity index is 277. The van der Waals surface area contributed by atoms with Crippen molar-refractivity contribution in [2.75, 3.05) is 7.11 Å². The highest BCUT2D eigenvalue weighted by Gasteiger charge is 2.08. The largest absolute Gasteiger partial charge is 0.463 e. The van der Waals surface area contributed by atoms with Gasteiger partial charge in [-0.25, -0.2) is 9.78 Å². The van der Waals surface area contributed by atoms with Gasteiger partial charge in [0.05, 0.1) is 7.11 Å². The molecule has 0 fully saturated rings. The minimum Gasteiger partial charge on any atom is -0.463 e. The fraction of sp³-hybridized carbons (Fsp3) is 0.167. The predicted octanol–water partition coefficient (Wildman–Crippen LogP) is 0.402. The second-order valence-electron chi connectivity index (χ2n) is 1.69. The van der Waals surface area contributed by atoms with Gasteiger partial charge in [0.2, 0.25) is 11.8 Å². The molecule has 5 heteroatoms. The Hall–Kier alpha value is -1.52. The summed E-state index contributed by atoms with van der Waals surface area (Å²) in [7, 11) is 1.18. The number of halogens is 1. The smallest absolute Gasteiger partial charge is 0.376 e. The SMILES string of the molecule is COC(=O)c1nccc(F)n1. The normalized spacial score (nSPS) is 9.27. The van der Waals surface area contributed by atoms with Crippen LogP contribution in [0.5, 0.6) is 0 Å². The van der Waals surface area contributed by atoms with Crippen molar-refractivity contribution < 1.29 is 13.9 Å². The fourth-order valence-corrected chi connectivity index (χ4v) is 0.526. The molecular weight excluding hydrogens is 151 g/mol. The molecule has 0 amide bonds. The number of hydrogen-bond acceptors (Lipinski definition) is 4. The van der Waals surface area contributed by atoms with E-state index in [1.54, 1.807) is 0 Å². The number of carbonyl (C=O) groups is 1. The number of hydrogen-bond donors (Lipinski definition) is 0. The van der Waals surface area contributed by atoms with E-state index in [0.29, 0.717) is 0 Å². The maximum Gasteiger partial charge on any atom is 0.376 e. The Balaban J connectivity index is 2.96. The first-order valence-corrected chi connectivity index (χ1v) is 2.81. The van der Waals surface area contributed by atoms with Gasteiger partial charge in [0.15, 0.2) is 0 Å². The fourth-order valence-electron chi connectivity index (χ4n) is 0.526. The molecule has 1 aromatic heterocycles. The lowest BCUT2D eigenvalue weighted by atomic mass is 10.5. The van der Waals surface area contributed by atoms with Gasteiger partial charge in [-0.1, -0.05) is 0 Å². The van der Waals surface area contributed by atoms with E-state index in [-0.39, 0.29) is 5.82 Å². The number of esters is 1. The number of nitrogens with zero attached hydrogens (tertiary/aromatic N) is 2. The number of carbonyl (C=O) groups excluding carboxylic acids is 1. The first-order valence-electron chi connectivity index (χ1n) is 2.81. The van der Waals surface area contributed by atoms with Crippen LogP contribution in [0, 0.1) is 5.95 Å². The minimum atomic E-state index is -0.750. The molecule has 1 aromatic rings. The van der Waals surface area contributed by atoms with Gasteiger partial charge in [-0.3, -0.25) is 0 Å². The molecular formula is C6H5FN2O2. The third-order valence-electron chi connectivity index (χ3n) is 0.990. The summed E-state index contributed by atoms with van der Waals surface area (Å²) in [5.74, 6) is -1.77. The molecule has 0 saturated carbocycles. The summed E-state index contributed by atoms with van der Waals surface area (Å²) in [5, 5.41) is 0. The van der Waals surface area contributed by atoms with Crippen molar-refractivity contribution in [2.24, 2.45) is 0 Å². The average Bonchev–Trinajstić information content (AvgIpc) is 2.03.